The first-order chi connectivity index (χ1) is 9.90. The van der Waals surface area contributed by atoms with Gasteiger partial charge in [-0.2, -0.15) is 13.9 Å². The number of aromatic nitrogens is 2. The van der Waals surface area contributed by atoms with Crippen molar-refractivity contribution < 1.29 is 13.6 Å². The second-order valence-corrected chi connectivity index (χ2v) is 5.79. The smallest absolute Gasteiger partial charge is 0.333 e. The highest BCUT2D eigenvalue weighted by Gasteiger charge is 2.28. The molecule has 1 aromatic heterocycles. The number of piperidine rings is 1. The van der Waals surface area contributed by atoms with Crippen LogP contribution in [-0.4, -0.2) is 58.7 Å². The number of alkyl halides is 2. The molecular weight excluding hydrogens is 278 g/mol. The predicted molar refractivity (Wildman–Crippen MR) is 75.3 cm³/mol. The van der Waals surface area contributed by atoms with E-state index in [4.69, 9.17) is 0 Å². The molecule has 0 saturated carbocycles. The molecule has 5 nitrogen and oxygen atoms in total. The molecule has 118 valence electrons. The topological polar surface area (TPSA) is 41.4 Å². The van der Waals surface area contributed by atoms with E-state index in [-0.39, 0.29) is 11.6 Å². The zero-order valence-corrected chi connectivity index (χ0v) is 12.7. The third-order valence-electron chi connectivity index (χ3n) is 4.35. The molecule has 1 aliphatic heterocycles. The molecule has 21 heavy (non-hydrogen) atoms. The molecule has 0 unspecified atom stereocenters. The largest absolute Gasteiger partial charge is 0.337 e. The fourth-order valence-corrected chi connectivity index (χ4v) is 2.73. The van der Waals surface area contributed by atoms with Crippen molar-refractivity contribution >= 4 is 5.91 Å². The summed E-state index contributed by atoms with van der Waals surface area (Å²) in [4.78, 5) is 16.1. The van der Waals surface area contributed by atoms with E-state index < -0.39 is 6.55 Å². The van der Waals surface area contributed by atoms with Gasteiger partial charge in [-0.1, -0.05) is 0 Å². The van der Waals surface area contributed by atoms with Crippen molar-refractivity contribution in [1.82, 2.24) is 19.6 Å². The van der Waals surface area contributed by atoms with E-state index in [1.807, 2.05) is 0 Å². The number of hydrogen-bond donors (Lipinski definition) is 0. The molecule has 0 bridgehead atoms. The molecule has 0 radical (unpaired) electrons. The summed E-state index contributed by atoms with van der Waals surface area (Å²) < 4.78 is 25.5. The Morgan fingerprint density at radius 1 is 1.38 bits per heavy atom. The summed E-state index contributed by atoms with van der Waals surface area (Å²) in [6.07, 6.45) is 3.00. The SMILES string of the molecule is C[C@H](C1CCN(C(=O)c2ccn(C(F)F)n2)CC1)N(C)C. The number of halogens is 2. The number of carbonyl (C=O) groups is 1. The van der Waals surface area contributed by atoms with Gasteiger partial charge < -0.3 is 9.80 Å². The number of nitrogens with zero attached hydrogens (tertiary/aromatic N) is 4. The predicted octanol–water partition coefficient (Wildman–Crippen LogP) is 2.08. The van der Waals surface area contributed by atoms with E-state index in [2.05, 4.69) is 31.0 Å². The molecule has 1 atom stereocenters. The molecule has 7 heteroatoms. The maximum absolute atomic E-state index is 12.5. The fourth-order valence-electron chi connectivity index (χ4n) is 2.73. The standard InChI is InChI=1S/C14H22F2N4O/c1-10(18(2)3)11-4-7-19(8-5-11)13(21)12-6-9-20(17-12)14(15)16/h6,9-11,14H,4-5,7-8H2,1-3H3/t10-/m1/s1. The molecule has 0 N–H and O–H groups in total. The van der Waals surface area contributed by atoms with Crippen molar-refractivity contribution in [3.63, 3.8) is 0 Å². The van der Waals surface area contributed by atoms with E-state index in [1.54, 1.807) is 4.90 Å². The van der Waals surface area contributed by atoms with Crippen molar-refractivity contribution in [1.29, 1.82) is 0 Å². The number of carbonyl (C=O) groups excluding carboxylic acids is 1. The summed E-state index contributed by atoms with van der Waals surface area (Å²) in [5.41, 5.74) is 0.0920. The Kier molecular flexibility index (Phi) is 4.92. The third-order valence-corrected chi connectivity index (χ3v) is 4.35. The zero-order valence-electron chi connectivity index (χ0n) is 12.7. The van der Waals surface area contributed by atoms with Crippen molar-refractivity contribution in [3.8, 4) is 0 Å². The summed E-state index contributed by atoms with van der Waals surface area (Å²) in [7, 11) is 4.11. The van der Waals surface area contributed by atoms with Crippen LogP contribution in [0, 0.1) is 5.92 Å². The minimum absolute atomic E-state index is 0.0920. The molecule has 0 aliphatic carbocycles. The number of rotatable bonds is 4. The normalized spacial score (nSPS) is 18.5. The van der Waals surface area contributed by atoms with Crippen LogP contribution >= 0.6 is 0 Å². The summed E-state index contributed by atoms with van der Waals surface area (Å²) >= 11 is 0. The van der Waals surface area contributed by atoms with Gasteiger partial charge in [-0.3, -0.25) is 4.79 Å². The number of amides is 1. The first-order valence-corrected chi connectivity index (χ1v) is 7.19. The number of hydrogen-bond acceptors (Lipinski definition) is 3. The van der Waals surface area contributed by atoms with Crippen LogP contribution in [0.5, 0.6) is 0 Å². The second kappa shape index (κ2) is 6.51. The number of likely N-dealkylation sites (tertiary alicyclic amines) is 1. The Hall–Kier alpha value is -1.50. The first kappa shape index (κ1) is 15.9. The lowest BCUT2D eigenvalue weighted by molar-refractivity contribution is 0.0537. The van der Waals surface area contributed by atoms with Crippen LogP contribution in [0.3, 0.4) is 0 Å². The van der Waals surface area contributed by atoms with Crippen molar-refractivity contribution in [3.05, 3.63) is 18.0 Å². The average Bonchev–Trinajstić information content (AvgIpc) is 2.96. The Labute approximate surface area is 123 Å². The van der Waals surface area contributed by atoms with Crippen molar-refractivity contribution in [2.75, 3.05) is 27.2 Å². The van der Waals surface area contributed by atoms with Crippen LogP contribution < -0.4 is 0 Å². The van der Waals surface area contributed by atoms with E-state index in [9.17, 15) is 13.6 Å². The second-order valence-electron chi connectivity index (χ2n) is 5.79. The van der Waals surface area contributed by atoms with Gasteiger partial charge in [0.25, 0.3) is 5.91 Å². The van der Waals surface area contributed by atoms with Gasteiger partial charge in [-0.25, -0.2) is 4.68 Å². The zero-order chi connectivity index (χ0) is 15.6. The van der Waals surface area contributed by atoms with Crippen LogP contribution in [0.15, 0.2) is 12.3 Å². The molecule has 2 rings (SSSR count). The van der Waals surface area contributed by atoms with Gasteiger partial charge in [0.05, 0.1) is 0 Å². The Balaban J connectivity index is 1.93. The van der Waals surface area contributed by atoms with Gasteiger partial charge in [-0.05, 0) is 45.8 Å². The van der Waals surface area contributed by atoms with Gasteiger partial charge in [0.1, 0.15) is 0 Å². The highest BCUT2D eigenvalue weighted by Crippen LogP contribution is 2.23. The highest BCUT2D eigenvalue weighted by molar-refractivity contribution is 5.92. The molecule has 1 aliphatic rings. The third kappa shape index (κ3) is 3.58. The lowest BCUT2D eigenvalue weighted by atomic mass is 9.89. The summed E-state index contributed by atoms with van der Waals surface area (Å²) in [5.74, 6) is 0.299. The van der Waals surface area contributed by atoms with E-state index >= 15 is 0 Å². The van der Waals surface area contributed by atoms with Gasteiger partial charge in [-0.15, -0.1) is 0 Å². The van der Waals surface area contributed by atoms with Gasteiger partial charge in [0.2, 0.25) is 0 Å². The van der Waals surface area contributed by atoms with Crippen LogP contribution in [0.4, 0.5) is 8.78 Å². The summed E-state index contributed by atoms with van der Waals surface area (Å²) in [6.45, 7) is 0.789. The molecule has 0 spiro atoms. The van der Waals surface area contributed by atoms with Crippen molar-refractivity contribution in [2.45, 2.75) is 32.4 Å². The average molecular weight is 300 g/mol. The maximum atomic E-state index is 12.5. The fraction of sp³-hybridized carbons (Fsp3) is 0.714. The van der Waals surface area contributed by atoms with E-state index in [0.717, 1.165) is 19.0 Å². The molecule has 1 amide bonds. The van der Waals surface area contributed by atoms with Crippen LogP contribution in [-0.2, 0) is 0 Å². The molecule has 1 aromatic rings. The van der Waals surface area contributed by atoms with Crippen LogP contribution in [0.1, 0.15) is 36.8 Å². The molecular formula is C14H22F2N4O. The molecule has 1 fully saturated rings. The summed E-state index contributed by atoms with van der Waals surface area (Å²) in [6, 6.07) is 1.82. The van der Waals surface area contributed by atoms with E-state index in [0.29, 0.717) is 29.7 Å². The van der Waals surface area contributed by atoms with Gasteiger partial charge >= 0.3 is 6.55 Å². The molecule has 0 aromatic carbocycles. The Bertz CT molecular complexity index is 481. The monoisotopic (exact) mass is 300 g/mol. The Morgan fingerprint density at radius 2 is 2.00 bits per heavy atom. The van der Waals surface area contributed by atoms with Crippen molar-refractivity contribution in [2.24, 2.45) is 5.92 Å². The minimum Gasteiger partial charge on any atom is -0.337 e. The van der Waals surface area contributed by atoms with Gasteiger partial charge in [0.15, 0.2) is 5.69 Å². The minimum atomic E-state index is -2.71. The Morgan fingerprint density at radius 3 is 2.48 bits per heavy atom. The maximum Gasteiger partial charge on any atom is 0.333 e. The van der Waals surface area contributed by atoms with Gasteiger partial charge in [0, 0.05) is 25.3 Å². The van der Waals surface area contributed by atoms with E-state index in [1.165, 1.54) is 6.07 Å². The summed E-state index contributed by atoms with van der Waals surface area (Å²) in [5, 5.41) is 3.63. The molecule has 2 heterocycles. The lowest BCUT2D eigenvalue weighted by Crippen LogP contribution is -2.43. The van der Waals surface area contributed by atoms with Crippen LogP contribution in [0.25, 0.3) is 0 Å². The first-order valence-electron chi connectivity index (χ1n) is 7.19. The lowest BCUT2D eigenvalue weighted by Gasteiger charge is -2.37. The molecule has 1 saturated heterocycles. The quantitative estimate of drug-likeness (QED) is 0.855. The highest BCUT2D eigenvalue weighted by atomic mass is 19.3. The van der Waals surface area contributed by atoms with Crippen LogP contribution in [0.2, 0.25) is 0 Å².